The predicted octanol–water partition coefficient (Wildman–Crippen LogP) is 5.14. The number of anilines is 2. The van der Waals surface area contributed by atoms with Crippen LogP contribution in [0.1, 0.15) is 60.8 Å². The number of nitrogens with zero attached hydrogens (tertiary/aromatic N) is 3. The molecular weight excluding hydrogens is 566 g/mol. The summed E-state index contributed by atoms with van der Waals surface area (Å²) < 4.78 is 33.5. The van der Waals surface area contributed by atoms with Gasteiger partial charge in [0.2, 0.25) is 0 Å². The maximum Gasteiger partial charge on any atom is 0.268 e. The minimum absolute atomic E-state index is 0.00675. The first-order valence-electron chi connectivity index (χ1n) is 14.8. The van der Waals surface area contributed by atoms with Crippen LogP contribution in [0, 0.1) is 23.0 Å². The Morgan fingerprint density at radius 3 is 2.55 bits per heavy atom. The number of aromatic nitrogens is 1. The number of nitrogens with two attached hydrogens (primary N) is 1. The Hall–Kier alpha value is -4.38. The molecule has 232 valence electrons. The molecule has 1 unspecified atom stereocenters. The Morgan fingerprint density at radius 2 is 1.91 bits per heavy atom. The molecule has 2 aromatic carbocycles. The lowest BCUT2D eigenvalue weighted by Gasteiger charge is -2.33. The summed E-state index contributed by atoms with van der Waals surface area (Å²) in [5.41, 5.74) is 9.11. The van der Waals surface area contributed by atoms with Crippen LogP contribution in [-0.4, -0.2) is 60.2 Å². The number of benzene rings is 2. The molecule has 2 aliphatic rings. The number of fused-ring (bicyclic) bond motifs is 1. The topological polar surface area (TPSA) is 125 Å². The smallest absolute Gasteiger partial charge is 0.268 e. The van der Waals surface area contributed by atoms with E-state index in [1.54, 1.807) is 25.1 Å². The molecule has 5 rings (SSSR count). The van der Waals surface area contributed by atoms with E-state index in [0.29, 0.717) is 51.6 Å². The number of hydrogen-bond acceptors (Lipinski definition) is 7. The molecular formula is C33H38F2N6O3. The summed E-state index contributed by atoms with van der Waals surface area (Å²) in [7, 11) is 2.09. The Balaban J connectivity index is 1.63. The lowest BCUT2D eigenvalue weighted by molar-refractivity contribution is -0.125. The number of pyridine rings is 1. The van der Waals surface area contributed by atoms with Crippen molar-refractivity contribution < 1.29 is 23.1 Å². The van der Waals surface area contributed by atoms with Gasteiger partial charge in [-0.05, 0) is 87.6 Å². The van der Waals surface area contributed by atoms with Crippen LogP contribution in [0.15, 0.2) is 36.4 Å². The second-order valence-corrected chi connectivity index (χ2v) is 12.0. The predicted molar refractivity (Wildman–Crippen MR) is 166 cm³/mol. The molecule has 1 aromatic heterocycles. The van der Waals surface area contributed by atoms with Gasteiger partial charge in [-0.3, -0.25) is 9.59 Å². The van der Waals surface area contributed by atoms with Crippen molar-refractivity contribution >= 4 is 29.5 Å². The molecule has 1 saturated heterocycles. The molecule has 11 heteroatoms. The van der Waals surface area contributed by atoms with Gasteiger partial charge < -0.3 is 31.0 Å². The van der Waals surface area contributed by atoms with E-state index in [0.717, 1.165) is 38.1 Å². The highest BCUT2D eigenvalue weighted by Gasteiger charge is 2.33. The summed E-state index contributed by atoms with van der Waals surface area (Å²) in [5, 5.41) is 11.9. The van der Waals surface area contributed by atoms with Crippen molar-refractivity contribution in [3.8, 4) is 16.9 Å². The van der Waals surface area contributed by atoms with Crippen molar-refractivity contribution in [3.63, 3.8) is 0 Å². The zero-order chi connectivity index (χ0) is 31.7. The minimum atomic E-state index is -0.996. The number of hydrogen-bond donors (Lipinski definition) is 3. The molecule has 2 aliphatic heterocycles. The number of ether oxygens (including phenoxy) is 1. The molecule has 1 fully saturated rings. The van der Waals surface area contributed by atoms with Crippen LogP contribution >= 0.6 is 0 Å². The van der Waals surface area contributed by atoms with E-state index in [1.807, 2.05) is 13.8 Å². The normalized spacial score (nSPS) is 17.4. The average molecular weight is 605 g/mol. The zero-order valence-corrected chi connectivity index (χ0v) is 25.4. The first-order chi connectivity index (χ1) is 21.0. The Morgan fingerprint density at radius 1 is 1.18 bits per heavy atom. The van der Waals surface area contributed by atoms with Gasteiger partial charge in [0, 0.05) is 23.4 Å². The van der Waals surface area contributed by atoms with Gasteiger partial charge in [-0.1, -0.05) is 26.0 Å². The number of amides is 2. The van der Waals surface area contributed by atoms with Crippen molar-refractivity contribution in [3.05, 3.63) is 70.4 Å². The summed E-state index contributed by atoms with van der Waals surface area (Å²) in [4.78, 5) is 34.8. The zero-order valence-electron chi connectivity index (χ0n) is 25.4. The molecule has 4 N–H and O–H groups in total. The molecule has 0 spiro atoms. The van der Waals surface area contributed by atoms with Crippen LogP contribution in [0.25, 0.3) is 11.1 Å². The largest absolute Gasteiger partial charge is 0.479 e. The highest BCUT2D eigenvalue weighted by atomic mass is 19.2. The fourth-order valence-electron chi connectivity index (χ4n) is 5.89. The summed E-state index contributed by atoms with van der Waals surface area (Å²) in [6.45, 7) is 7.56. The summed E-state index contributed by atoms with van der Waals surface area (Å²) in [5.74, 6) is -1.88. The standard InChI is InChI=1S/C33H38F2N6O3/c1-18(2)13-26-30(31(37)42)29(23(16-36)32(39-26)38-22-9-11-40(4)12-10-22)21-6-8-27-28(15-21)44-19(3)33(43)41(27)17-20-5-7-24(34)25(35)14-20/h5-8,14-16,18-19,22,36H,9-13,17H2,1-4H3,(H2,37,42)(H,38,39). The second kappa shape index (κ2) is 12.7. The minimum Gasteiger partial charge on any atom is -0.479 e. The van der Waals surface area contributed by atoms with Crippen molar-refractivity contribution in [1.29, 1.82) is 5.41 Å². The van der Waals surface area contributed by atoms with Gasteiger partial charge in [-0.15, -0.1) is 0 Å². The molecule has 0 radical (unpaired) electrons. The quantitative estimate of drug-likeness (QED) is 0.291. The number of likely N-dealkylation sites (tertiary alicyclic amines) is 1. The molecule has 0 bridgehead atoms. The molecule has 1 atom stereocenters. The van der Waals surface area contributed by atoms with Gasteiger partial charge in [0.05, 0.1) is 23.5 Å². The SMILES string of the molecule is CC(C)Cc1nc(NC2CCN(C)CC2)c(C=N)c(-c2ccc3c(c2)OC(C)C(=O)N3Cc2ccc(F)c(F)c2)c1C(N)=O. The number of piperidine rings is 1. The highest BCUT2D eigenvalue weighted by molar-refractivity contribution is 6.08. The van der Waals surface area contributed by atoms with Gasteiger partial charge in [-0.2, -0.15) is 0 Å². The van der Waals surface area contributed by atoms with E-state index < -0.39 is 23.6 Å². The number of rotatable bonds is 9. The Bertz CT molecular complexity index is 1600. The Labute approximate surface area is 255 Å². The molecule has 0 aliphatic carbocycles. The van der Waals surface area contributed by atoms with Crippen LogP contribution in [0.5, 0.6) is 5.75 Å². The summed E-state index contributed by atoms with van der Waals surface area (Å²) >= 11 is 0. The van der Waals surface area contributed by atoms with E-state index in [1.165, 1.54) is 17.2 Å². The highest BCUT2D eigenvalue weighted by Crippen LogP contribution is 2.41. The van der Waals surface area contributed by atoms with Crippen LogP contribution in [0.2, 0.25) is 0 Å². The maximum absolute atomic E-state index is 14.0. The first kappa shape index (κ1) is 31.1. The average Bonchev–Trinajstić information content (AvgIpc) is 2.97. The molecule has 9 nitrogen and oxygen atoms in total. The fourth-order valence-corrected chi connectivity index (χ4v) is 5.89. The number of carbonyl (C=O) groups is 2. The monoisotopic (exact) mass is 604 g/mol. The van der Waals surface area contributed by atoms with Crippen molar-refractivity contribution in [1.82, 2.24) is 9.88 Å². The Kier molecular flexibility index (Phi) is 8.96. The third-order valence-corrected chi connectivity index (χ3v) is 8.14. The second-order valence-electron chi connectivity index (χ2n) is 12.0. The summed E-state index contributed by atoms with van der Waals surface area (Å²) in [6, 6.07) is 8.85. The number of primary amides is 1. The number of nitrogens with one attached hydrogen (secondary N) is 2. The molecule has 44 heavy (non-hydrogen) atoms. The number of halogens is 2. The number of carbonyl (C=O) groups excluding carboxylic acids is 2. The molecule has 3 heterocycles. The van der Waals surface area contributed by atoms with Gasteiger partial charge >= 0.3 is 0 Å². The van der Waals surface area contributed by atoms with Crippen LogP contribution in [-0.2, 0) is 17.8 Å². The lowest BCUT2D eigenvalue weighted by atomic mass is 9.90. The fraction of sp³-hybridized carbons (Fsp3) is 0.394. The van der Waals surface area contributed by atoms with E-state index >= 15 is 0 Å². The van der Waals surface area contributed by atoms with Gasteiger partial charge in [-0.25, -0.2) is 13.8 Å². The van der Waals surface area contributed by atoms with Gasteiger partial charge in [0.1, 0.15) is 11.6 Å². The summed E-state index contributed by atoms with van der Waals surface area (Å²) in [6.07, 6.45) is 2.66. The van der Waals surface area contributed by atoms with E-state index in [4.69, 9.17) is 20.9 Å². The van der Waals surface area contributed by atoms with Gasteiger partial charge in [0.15, 0.2) is 17.7 Å². The van der Waals surface area contributed by atoms with Crippen molar-refractivity contribution in [2.24, 2.45) is 11.7 Å². The van der Waals surface area contributed by atoms with Crippen molar-refractivity contribution in [2.75, 3.05) is 30.4 Å². The third kappa shape index (κ3) is 6.28. The maximum atomic E-state index is 14.0. The molecule has 0 saturated carbocycles. The van der Waals surface area contributed by atoms with E-state index in [-0.39, 0.29) is 30.0 Å². The van der Waals surface area contributed by atoms with Crippen LogP contribution in [0.3, 0.4) is 0 Å². The molecule has 2 amide bonds. The third-order valence-electron chi connectivity index (χ3n) is 8.14. The molecule has 3 aromatic rings. The van der Waals surface area contributed by atoms with Crippen molar-refractivity contribution in [2.45, 2.75) is 58.7 Å². The van der Waals surface area contributed by atoms with Crippen LogP contribution < -0.4 is 20.7 Å². The van der Waals surface area contributed by atoms with E-state index in [9.17, 15) is 18.4 Å². The lowest BCUT2D eigenvalue weighted by Crippen LogP contribution is -2.44. The first-order valence-corrected chi connectivity index (χ1v) is 14.8. The van der Waals surface area contributed by atoms with Gasteiger partial charge in [0.25, 0.3) is 11.8 Å². The van der Waals surface area contributed by atoms with E-state index in [2.05, 4.69) is 17.3 Å². The van der Waals surface area contributed by atoms with Crippen LogP contribution in [0.4, 0.5) is 20.3 Å².